The van der Waals surface area contributed by atoms with Gasteiger partial charge in [0.05, 0.1) is 11.1 Å². The van der Waals surface area contributed by atoms with E-state index in [1.54, 1.807) is 12.3 Å². The van der Waals surface area contributed by atoms with E-state index in [1.807, 2.05) is 41.2 Å². The van der Waals surface area contributed by atoms with E-state index in [2.05, 4.69) is 4.98 Å². The molecule has 1 aliphatic rings. The summed E-state index contributed by atoms with van der Waals surface area (Å²) in [5.41, 5.74) is 5.17. The van der Waals surface area contributed by atoms with Gasteiger partial charge < -0.3 is 4.74 Å². The van der Waals surface area contributed by atoms with Crippen LogP contribution < -0.4 is 4.74 Å². The Hall–Kier alpha value is -2.63. The standard InChI is InChI=1S/C22H18Cl2N4O/c23-15-6-8-16(9-7-15)28-22(29-13-14-5-10-20(24)26-11-14)18-12-25-19-4-2-1-3-17(19)21(18)27-28/h5-12H,1-4,13H2. The molecule has 1 aliphatic carbocycles. The molecule has 0 N–H and O–H groups in total. The van der Waals surface area contributed by atoms with Gasteiger partial charge in [0.25, 0.3) is 0 Å². The largest absolute Gasteiger partial charge is 0.472 e. The number of aromatic nitrogens is 4. The zero-order valence-electron chi connectivity index (χ0n) is 15.6. The molecule has 0 saturated carbocycles. The monoisotopic (exact) mass is 424 g/mol. The van der Waals surface area contributed by atoms with Gasteiger partial charge in [-0.15, -0.1) is 0 Å². The number of nitrogens with zero attached hydrogens (tertiary/aromatic N) is 4. The van der Waals surface area contributed by atoms with Crippen molar-refractivity contribution in [3.8, 4) is 11.6 Å². The second-order valence-corrected chi connectivity index (χ2v) is 7.95. The van der Waals surface area contributed by atoms with Crippen molar-refractivity contribution in [2.75, 3.05) is 0 Å². The molecule has 0 fully saturated rings. The maximum atomic E-state index is 6.24. The van der Waals surface area contributed by atoms with Crippen molar-refractivity contribution in [2.24, 2.45) is 0 Å². The first-order chi connectivity index (χ1) is 14.2. The summed E-state index contributed by atoms with van der Waals surface area (Å²) < 4.78 is 8.07. The Labute approximate surface area is 178 Å². The molecule has 0 saturated heterocycles. The zero-order chi connectivity index (χ0) is 19.8. The number of benzene rings is 1. The third kappa shape index (κ3) is 3.56. The summed E-state index contributed by atoms with van der Waals surface area (Å²) in [6.45, 7) is 0.357. The minimum Gasteiger partial charge on any atom is -0.472 e. The highest BCUT2D eigenvalue weighted by molar-refractivity contribution is 6.30. The predicted molar refractivity (Wildman–Crippen MR) is 114 cm³/mol. The van der Waals surface area contributed by atoms with E-state index in [0.717, 1.165) is 47.1 Å². The van der Waals surface area contributed by atoms with Crippen molar-refractivity contribution in [2.45, 2.75) is 32.3 Å². The van der Waals surface area contributed by atoms with E-state index in [4.69, 9.17) is 38.0 Å². The molecule has 0 unspecified atom stereocenters. The molecule has 1 aromatic carbocycles. The van der Waals surface area contributed by atoms with Crippen molar-refractivity contribution in [1.82, 2.24) is 19.7 Å². The van der Waals surface area contributed by atoms with Gasteiger partial charge in [-0.3, -0.25) is 4.98 Å². The molecular weight excluding hydrogens is 407 g/mol. The van der Waals surface area contributed by atoms with Crippen LogP contribution in [-0.4, -0.2) is 19.7 Å². The fourth-order valence-corrected chi connectivity index (χ4v) is 3.96. The topological polar surface area (TPSA) is 52.8 Å². The molecule has 0 atom stereocenters. The highest BCUT2D eigenvalue weighted by Crippen LogP contribution is 2.34. The SMILES string of the molecule is Clc1ccc(-n2nc3c4c(ncc3c2OCc2ccc(Cl)nc2)CCCC4)cc1. The fourth-order valence-electron chi connectivity index (χ4n) is 3.72. The van der Waals surface area contributed by atoms with Crippen molar-refractivity contribution >= 4 is 34.1 Å². The summed E-state index contributed by atoms with van der Waals surface area (Å²) in [5, 5.41) is 6.98. The zero-order valence-corrected chi connectivity index (χ0v) is 17.1. The number of pyridine rings is 2. The summed E-state index contributed by atoms with van der Waals surface area (Å²) in [6.07, 6.45) is 7.94. The predicted octanol–water partition coefficient (Wildman–Crippen LogP) is 5.58. The Balaban J connectivity index is 1.61. The summed E-state index contributed by atoms with van der Waals surface area (Å²) in [4.78, 5) is 8.84. The lowest BCUT2D eigenvalue weighted by atomic mass is 9.95. The summed E-state index contributed by atoms with van der Waals surface area (Å²) in [7, 11) is 0. The lowest BCUT2D eigenvalue weighted by Crippen LogP contribution is -2.05. The third-order valence-corrected chi connectivity index (χ3v) is 5.66. The van der Waals surface area contributed by atoms with Crippen molar-refractivity contribution in [3.05, 3.63) is 75.8 Å². The van der Waals surface area contributed by atoms with Crippen LogP contribution in [0.5, 0.6) is 5.88 Å². The van der Waals surface area contributed by atoms with E-state index < -0.39 is 0 Å². The lowest BCUT2D eigenvalue weighted by molar-refractivity contribution is 0.288. The quantitative estimate of drug-likeness (QED) is 0.401. The third-order valence-electron chi connectivity index (χ3n) is 5.19. The van der Waals surface area contributed by atoms with Crippen LogP contribution >= 0.6 is 23.2 Å². The number of ether oxygens (including phenoxy) is 1. The molecule has 0 spiro atoms. The lowest BCUT2D eigenvalue weighted by Gasteiger charge is -2.14. The molecule has 0 bridgehead atoms. The number of halogens is 2. The van der Waals surface area contributed by atoms with Crippen molar-refractivity contribution < 1.29 is 4.74 Å². The van der Waals surface area contributed by atoms with Gasteiger partial charge in [0.2, 0.25) is 5.88 Å². The molecular formula is C22H18Cl2N4O. The highest BCUT2D eigenvalue weighted by Gasteiger charge is 2.22. The van der Waals surface area contributed by atoms with Crippen LogP contribution in [-0.2, 0) is 19.4 Å². The molecule has 0 aliphatic heterocycles. The van der Waals surface area contributed by atoms with E-state index in [1.165, 1.54) is 12.0 Å². The molecule has 29 heavy (non-hydrogen) atoms. The molecule has 3 aromatic heterocycles. The Morgan fingerprint density at radius 2 is 1.76 bits per heavy atom. The van der Waals surface area contributed by atoms with Crippen LogP contribution in [0.2, 0.25) is 10.2 Å². The first-order valence-corrected chi connectivity index (χ1v) is 10.3. The minimum absolute atomic E-state index is 0.357. The molecule has 5 rings (SSSR count). The van der Waals surface area contributed by atoms with Crippen LogP contribution in [0.4, 0.5) is 0 Å². The molecule has 3 heterocycles. The minimum atomic E-state index is 0.357. The Morgan fingerprint density at radius 1 is 0.931 bits per heavy atom. The Bertz CT molecular complexity index is 1170. The Kier molecular flexibility index (Phi) is 4.86. The maximum absolute atomic E-state index is 6.24. The summed E-state index contributed by atoms with van der Waals surface area (Å²) >= 11 is 12.0. The van der Waals surface area contributed by atoms with Crippen LogP contribution in [0.15, 0.2) is 48.8 Å². The number of fused-ring (bicyclic) bond motifs is 3. The van der Waals surface area contributed by atoms with Gasteiger partial charge >= 0.3 is 0 Å². The molecule has 4 aromatic rings. The van der Waals surface area contributed by atoms with Gasteiger partial charge in [-0.2, -0.15) is 9.78 Å². The van der Waals surface area contributed by atoms with Gasteiger partial charge in [-0.1, -0.05) is 29.3 Å². The second kappa shape index (κ2) is 7.65. The number of hydrogen-bond acceptors (Lipinski definition) is 4. The van der Waals surface area contributed by atoms with E-state index in [-0.39, 0.29) is 0 Å². The van der Waals surface area contributed by atoms with Crippen LogP contribution in [0.25, 0.3) is 16.6 Å². The van der Waals surface area contributed by atoms with E-state index >= 15 is 0 Å². The molecule has 0 amide bonds. The average molecular weight is 425 g/mol. The molecule has 7 heteroatoms. The van der Waals surface area contributed by atoms with Gasteiger partial charge in [-0.05, 0) is 56.0 Å². The van der Waals surface area contributed by atoms with Gasteiger partial charge in [0.15, 0.2) is 0 Å². The smallest absolute Gasteiger partial charge is 0.226 e. The van der Waals surface area contributed by atoms with E-state index in [0.29, 0.717) is 22.7 Å². The number of hydrogen-bond donors (Lipinski definition) is 0. The molecule has 0 radical (unpaired) electrons. The van der Waals surface area contributed by atoms with Gasteiger partial charge in [0.1, 0.15) is 17.3 Å². The van der Waals surface area contributed by atoms with Crippen LogP contribution in [0, 0.1) is 0 Å². The van der Waals surface area contributed by atoms with Crippen LogP contribution in [0.3, 0.4) is 0 Å². The number of rotatable bonds is 4. The maximum Gasteiger partial charge on any atom is 0.226 e. The van der Waals surface area contributed by atoms with Gasteiger partial charge in [-0.25, -0.2) is 4.98 Å². The normalized spacial score (nSPS) is 13.4. The van der Waals surface area contributed by atoms with Crippen LogP contribution in [0.1, 0.15) is 29.7 Å². The van der Waals surface area contributed by atoms with Gasteiger partial charge in [0, 0.05) is 34.2 Å². The van der Waals surface area contributed by atoms with E-state index in [9.17, 15) is 0 Å². The number of aryl methyl sites for hydroxylation is 2. The molecule has 146 valence electrons. The Morgan fingerprint density at radius 3 is 2.55 bits per heavy atom. The highest BCUT2D eigenvalue weighted by atomic mass is 35.5. The first kappa shape index (κ1) is 18.4. The van der Waals surface area contributed by atoms with Crippen molar-refractivity contribution in [3.63, 3.8) is 0 Å². The summed E-state index contributed by atoms with van der Waals surface area (Å²) in [5.74, 6) is 0.665. The summed E-state index contributed by atoms with van der Waals surface area (Å²) in [6, 6.07) is 11.2. The second-order valence-electron chi connectivity index (χ2n) is 7.12. The molecule has 5 nitrogen and oxygen atoms in total. The fraction of sp³-hybridized carbons (Fsp3) is 0.227. The first-order valence-electron chi connectivity index (χ1n) is 9.58. The van der Waals surface area contributed by atoms with Crippen molar-refractivity contribution in [1.29, 1.82) is 0 Å². The average Bonchev–Trinajstić information content (AvgIpc) is 3.13.